The lowest BCUT2D eigenvalue weighted by Crippen LogP contribution is -2.04. The number of aromatic nitrogens is 6. The van der Waals surface area contributed by atoms with Crippen LogP contribution in [-0.4, -0.2) is 29.5 Å². The fourth-order valence-electron chi connectivity index (χ4n) is 4.15. The van der Waals surface area contributed by atoms with Crippen LogP contribution >= 0.6 is 27.7 Å². The fourth-order valence-corrected chi connectivity index (χ4v) is 5.20. The third-order valence-corrected chi connectivity index (χ3v) is 7.46. The van der Waals surface area contributed by atoms with E-state index < -0.39 is 0 Å². The lowest BCUT2D eigenvalue weighted by atomic mass is 10.2. The summed E-state index contributed by atoms with van der Waals surface area (Å²) in [6, 6.07) is 23.6. The van der Waals surface area contributed by atoms with Crippen LogP contribution in [0.1, 0.15) is 28.7 Å². The monoisotopic (exact) mass is 628 g/mol. The standard InChI is InChI=1S/C21H18N6O2S.C9H7BrO/c1-13-7-8-22-21(23-13)30-12-16-10-19(27-20(25-16)24-14(2)26-27)28-11-17-9-15-5-3-4-6-18(15)29-17;10-6-8-5-7-3-1-2-4-9(7)11-8/h3-10H,11-12H2,1-2H3;1-5H,6H2. The molecule has 0 aliphatic carbocycles. The lowest BCUT2D eigenvalue weighted by molar-refractivity contribution is 0.257. The third-order valence-electron chi connectivity index (χ3n) is 6.01. The molecule has 0 saturated carbocycles. The van der Waals surface area contributed by atoms with Gasteiger partial charge in [0.25, 0.3) is 5.78 Å². The number of hydrogen-bond acceptors (Lipinski definition) is 9. The molecule has 7 aromatic rings. The minimum atomic E-state index is 0.278. The van der Waals surface area contributed by atoms with Gasteiger partial charge in [0.05, 0.1) is 11.0 Å². The Morgan fingerprint density at radius 3 is 2.27 bits per heavy atom. The maximum Gasteiger partial charge on any atom is 0.255 e. The summed E-state index contributed by atoms with van der Waals surface area (Å²) in [7, 11) is 0. The van der Waals surface area contributed by atoms with E-state index in [2.05, 4.69) is 41.0 Å². The van der Waals surface area contributed by atoms with Crippen LogP contribution in [0.15, 0.2) is 93.0 Å². The van der Waals surface area contributed by atoms with E-state index in [1.807, 2.05) is 86.6 Å². The second kappa shape index (κ2) is 12.1. The zero-order valence-corrected chi connectivity index (χ0v) is 24.7. The summed E-state index contributed by atoms with van der Waals surface area (Å²) in [5, 5.41) is 8.09. The Kier molecular flexibility index (Phi) is 7.97. The largest absolute Gasteiger partial charge is 0.469 e. The Morgan fingerprint density at radius 1 is 0.854 bits per heavy atom. The van der Waals surface area contributed by atoms with Gasteiger partial charge in [-0.1, -0.05) is 64.1 Å². The number of para-hydroxylation sites is 2. The normalized spacial score (nSPS) is 11.2. The molecule has 0 fully saturated rings. The lowest BCUT2D eigenvalue weighted by Gasteiger charge is -2.08. The van der Waals surface area contributed by atoms with Crippen LogP contribution in [0.3, 0.4) is 0 Å². The molecular weight excluding hydrogens is 604 g/mol. The summed E-state index contributed by atoms with van der Waals surface area (Å²) in [5.41, 5.74) is 3.54. The van der Waals surface area contributed by atoms with Gasteiger partial charge in [0.2, 0.25) is 5.88 Å². The van der Waals surface area contributed by atoms with Crippen LogP contribution in [0.25, 0.3) is 27.7 Å². The number of nitrogens with zero attached hydrogens (tertiary/aromatic N) is 6. The van der Waals surface area contributed by atoms with E-state index in [4.69, 9.17) is 13.6 Å². The van der Waals surface area contributed by atoms with Gasteiger partial charge in [-0.2, -0.15) is 9.50 Å². The van der Waals surface area contributed by atoms with Crippen LogP contribution in [-0.2, 0) is 17.7 Å². The van der Waals surface area contributed by atoms with Crippen LogP contribution in [0.2, 0.25) is 0 Å². The Bertz CT molecular complexity index is 1880. The molecule has 9 nitrogen and oxygen atoms in total. The van der Waals surface area contributed by atoms with Gasteiger partial charge in [0, 0.05) is 34.5 Å². The van der Waals surface area contributed by atoms with Crippen LogP contribution in [0, 0.1) is 13.8 Å². The Labute approximate surface area is 248 Å². The molecule has 0 aliphatic heterocycles. The van der Waals surface area contributed by atoms with Crippen molar-refractivity contribution in [1.29, 1.82) is 0 Å². The Morgan fingerprint density at radius 2 is 1.56 bits per heavy atom. The van der Waals surface area contributed by atoms with Gasteiger partial charge < -0.3 is 13.6 Å². The summed E-state index contributed by atoms with van der Waals surface area (Å²) in [4.78, 5) is 17.7. The first-order chi connectivity index (χ1) is 20.0. The van der Waals surface area contributed by atoms with Gasteiger partial charge in [0.15, 0.2) is 5.16 Å². The molecule has 206 valence electrons. The highest BCUT2D eigenvalue weighted by molar-refractivity contribution is 9.08. The molecule has 2 aromatic carbocycles. The number of halogens is 1. The van der Waals surface area contributed by atoms with Crippen molar-refractivity contribution in [3.8, 4) is 5.88 Å². The number of furan rings is 2. The third kappa shape index (κ3) is 6.41. The number of alkyl halides is 1. The van der Waals surface area contributed by atoms with Gasteiger partial charge >= 0.3 is 0 Å². The van der Waals surface area contributed by atoms with E-state index in [1.54, 1.807) is 10.7 Å². The number of aryl methyl sites for hydroxylation is 2. The van der Waals surface area contributed by atoms with Gasteiger partial charge in [-0.25, -0.2) is 15.0 Å². The predicted molar refractivity (Wildman–Crippen MR) is 161 cm³/mol. The van der Waals surface area contributed by atoms with E-state index in [-0.39, 0.29) is 6.61 Å². The van der Waals surface area contributed by atoms with Gasteiger partial charge in [-0.3, -0.25) is 0 Å². The van der Waals surface area contributed by atoms with Crippen molar-refractivity contribution in [2.75, 3.05) is 0 Å². The van der Waals surface area contributed by atoms with Crippen molar-refractivity contribution in [2.45, 2.75) is 36.7 Å². The van der Waals surface area contributed by atoms with Crippen LogP contribution < -0.4 is 4.74 Å². The first-order valence-corrected chi connectivity index (χ1v) is 14.9. The van der Waals surface area contributed by atoms with E-state index in [0.717, 1.165) is 44.8 Å². The molecule has 41 heavy (non-hydrogen) atoms. The highest BCUT2D eigenvalue weighted by Gasteiger charge is 2.13. The Hall–Kier alpha value is -4.22. The maximum absolute atomic E-state index is 6.05. The predicted octanol–water partition coefficient (Wildman–Crippen LogP) is 7.48. The molecule has 0 amide bonds. The van der Waals surface area contributed by atoms with E-state index in [9.17, 15) is 0 Å². The molecule has 5 aromatic heterocycles. The second-order valence-corrected chi connectivity index (χ2v) is 10.7. The molecule has 0 unspecified atom stereocenters. The minimum Gasteiger partial charge on any atom is -0.469 e. The minimum absolute atomic E-state index is 0.278. The number of rotatable bonds is 7. The molecule has 11 heteroatoms. The van der Waals surface area contributed by atoms with Gasteiger partial charge in [-0.05, 0) is 44.2 Å². The van der Waals surface area contributed by atoms with Crippen LogP contribution in [0.5, 0.6) is 5.88 Å². The molecule has 0 atom stereocenters. The van der Waals surface area contributed by atoms with E-state index in [1.165, 1.54) is 17.1 Å². The first-order valence-electron chi connectivity index (χ1n) is 12.8. The maximum atomic E-state index is 6.05. The van der Waals surface area contributed by atoms with E-state index in [0.29, 0.717) is 28.4 Å². The fraction of sp³-hybridized carbons (Fsp3) is 0.167. The van der Waals surface area contributed by atoms with Gasteiger partial charge in [0.1, 0.15) is 35.1 Å². The molecule has 5 heterocycles. The van der Waals surface area contributed by atoms with Crippen molar-refractivity contribution in [3.05, 3.63) is 108 Å². The van der Waals surface area contributed by atoms with Crippen molar-refractivity contribution in [3.63, 3.8) is 0 Å². The number of fused-ring (bicyclic) bond motifs is 3. The van der Waals surface area contributed by atoms with Crippen molar-refractivity contribution in [1.82, 2.24) is 29.5 Å². The average Bonchev–Trinajstić information content (AvgIpc) is 3.70. The highest BCUT2D eigenvalue weighted by atomic mass is 79.9. The smallest absolute Gasteiger partial charge is 0.255 e. The SMILES string of the molecule is BrCc1cc2ccccc2o1.Cc1ccnc(SCc2cc(OCc3cc4ccccc4o3)n3nc(C)nc3n2)n1. The number of ether oxygens (including phenoxy) is 1. The summed E-state index contributed by atoms with van der Waals surface area (Å²) in [6.45, 7) is 4.05. The quantitative estimate of drug-likeness (QED) is 0.101. The number of hydrogen-bond donors (Lipinski definition) is 0. The zero-order chi connectivity index (χ0) is 28.2. The molecule has 0 aliphatic rings. The van der Waals surface area contributed by atoms with Crippen molar-refractivity contribution >= 4 is 55.4 Å². The summed E-state index contributed by atoms with van der Waals surface area (Å²) in [6.07, 6.45) is 1.76. The molecule has 0 N–H and O–H groups in total. The highest BCUT2D eigenvalue weighted by Crippen LogP contribution is 2.24. The summed E-state index contributed by atoms with van der Waals surface area (Å²) >= 11 is 4.85. The summed E-state index contributed by atoms with van der Waals surface area (Å²) < 4.78 is 19.0. The second-order valence-electron chi connectivity index (χ2n) is 9.15. The molecule has 0 saturated heterocycles. The molecule has 7 rings (SSSR count). The first kappa shape index (κ1) is 27.0. The van der Waals surface area contributed by atoms with Crippen LogP contribution in [0.4, 0.5) is 0 Å². The molecular formula is C30H25BrN6O3S. The number of benzene rings is 2. The number of thioether (sulfide) groups is 1. The average molecular weight is 630 g/mol. The molecule has 0 bridgehead atoms. The Balaban J connectivity index is 0.000000229. The molecule has 0 radical (unpaired) electrons. The van der Waals surface area contributed by atoms with E-state index >= 15 is 0 Å². The van der Waals surface area contributed by atoms with Crippen molar-refractivity contribution in [2.24, 2.45) is 0 Å². The molecule has 0 spiro atoms. The zero-order valence-electron chi connectivity index (χ0n) is 22.3. The topological polar surface area (TPSA) is 104 Å². The summed E-state index contributed by atoms with van der Waals surface area (Å²) in [5.74, 6) is 3.99. The van der Waals surface area contributed by atoms with Gasteiger partial charge in [-0.15, -0.1) is 5.10 Å². The van der Waals surface area contributed by atoms with Crippen molar-refractivity contribution < 1.29 is 13.6 Å².